The molecule has 2 heterocycles. The van der Waals surface area contributed by atoms with Gasteiger partial charge in [0.15, 0.2) is 6.10 Å². The van der Waals surface area contributed by atoms with Crippen molar-refractivity contribution in [3.8, 4) is 5.75 Å². The molecule has 0 saturated carbocycles. The average Bonchev–Trinajstić information content (AvgIpc) is 3.30. The molecule has 3 aromatic carbocycles. The van der Waals surface area contributed by atoms with Crippen molar-refractivity contribution in [2.45, 2.75) is 114 Å². The summed E-state index contributed by atoms with van der Waals surface area (Å²) in [6, 6.07) is 13.7. The van der Waals surface area contributed by atoms with E-state index in [1.54, 1.807) is 74.5 Å². The van der Waals surface area contributed by atoms with Crippen LogP contribution in [0.4, 0.5) is 0 Å². The number of likely N-dealkylation sites (N-methyl/N-ethyl adjacent to an activating group) is 1. The topological polar surface area (TPSA) is 311 Å². The number of hydrogen-bond donors (Lipinski definition) is 9. The molecule has 6 amide bonds. The molecule has 68 heavy (non-hydrogen) atoms. The summed E-state index contributed by atoms with van der Waals surface area (Å²) in [5.41, 5.74) is 1.61. The highest BCUT2D eigenvalue weighted by Gasteiger charge is 2.46. The van der Waals surface area contributed by atoms with Gasteiger partial charge in [-0.25, -0.2) is 9.36 Å². The van der Waals surface area contributed by atoms with Crippen LogP contribution >= 0.6 is 7.82 Å². The molecule has 21 nitrogen and oxygen atoms in total. The second-order valence-electron chi connectivity index (χ2n) is 17.0. The van der Waals surface area contributed by atoms with E-state index in [9.17, 15) is 48.7 Å². The largest absolute Gasteiger partial charge is 0.508 e. The molecule has 0 aliphatic carbocycles. The molecule has 368 valence electrons. The summed E-state index contributed by atoms with van der Waals surface area (Å²) in [4.78, 5) is 121. The van der Waals surface area contributed by atoms with Gasteiger partial charge in [-0.2, -0.15) is 0 Å². The van der Waals surface area contributed by atoms with Crippen molar-refractivity contribution in [1.82, 2.24) is 31.1 Å². The molecular weight excluding hydrogens is 908 g/mol. The molecule has 2 fully saturated rings. The smallest absolute Gasteiger partial charge is 0.469 e. The first-order chi connectivity index (χ1) is 32.2. The number of piperidine rings is 1. The highest BCUT2D eigenvalue weighted by atomic mass is 31.2. The van der Waals surface area contributed by atoms with Gasteiger partial charge in [0.05, 0.1) is 6.61 Å². The number of aromatic hydroxyl groups is 1. The van der Waals surface area contributed by atoms with Gasteiger partial charge in [0.25, 0.3) is 5.91 Å². The third-order valence-electron chi connectivity index (χ3n) is 12.0. The zero-order valence-corrected chi connectivity index (χ0v) is 38.9. The van der Waals surface area contributed by atoms with Crippen LogP contribution in [-0.2, 0) is 66.6 Å². The van der Waals surface area contributed by atoms with Gasteiger partial charge >= 0.3 is 13.8 Å². The summed E-state index contributed by atoms with van der Waals surface area (Å²) in [5, 5.41) is 42.2. The maximum absolute atomic E-state index is 15.1. The maximum Gasteiger partial charge on any atom is 0.469 e. The summed E-state index contributed by atoms with van der Waals surface area (Å²) < 4.78 is 21.4. The number of hydrogen-bond acceptors (Lipinski definition) is 13. The standard InChI is InChI=1S/C46H59N6O15P/c1-5-26(2)38-46(62)67-27(3)39(50-42(58)36(54)25-66-68(63,64)65)43(59)48-33(22-28-12-8-6-9-13-28)40(56)47-32-20-21-37(55)52(44(32)60)35(24-29-14-10-7-11-15-29)45(61)51(4)34(41(57)49-38)23-30-16-18-31(53)19-17-30/h6-19,26-27,32-39,53-55H,5,20-25H2,1-4H3,(H,47,56)(H,48,59)(H,49,57)(H,50,58)(H2,63,64,65)/t26-,27+,32-,33-,34-,35-,36+,37+,38-,39-/m0/s1. The number of fused-ring (bicyclic) bond motifs is 2. The average molecular weight is 967 g/mol. The number of esters is 1. The molecule has 0 radical (unpaired) electrons. The van der Waals surface area contributed by atoms with E-state index in [0.717, 1.165) is 9.80 Å². The van der Waals surface area contributed by atoms with Gasteiger partial charge in [-0.1, -0.05) is 93.1 Å². The van der Waals surface area contributed by atoms with Crippen molar-refractivity contribution in [2.75, 3.05) is 13.7 Å². The van der Waals surface area contributed by atoms with E-state index >= 15 is 4.79 Å². The summed E-state index contributed by atoms with van der Waals surface area (Å²) in [6.07, 6.45) is -5.87. The minimum Gasteiger partial charge on any atom is -0.508 e. The molecule has 0 aromatic heterocycles. The number of amides is 6. The van der Waals surface area contributed by atoms with Crippen LogP contribution in [0.15, 0.2) is 84.9 Å². The molecule has 9 N–H and O–H groups in total. The lowest BCUT2D eigenvalue weighted by atomic mass is 9.95. The van der Waals surface area contributed by atoms with Crippen LogP contribution in [0, 0.1) is 5.92 Å². The van der Waals surface area contributed by atoms with Crippen molar-refractivity contribution in [3.05, 3.63) is 102 Å². The van der Waals surface area contributed by atoms with E-state index in [2.05, 4.69) is 25.8 Å². The zero-order valence-electron chi connectivity index (χ0n) is 38.0. The van der Waals surface area contributed by atoms with Gasteiger partial charge in [0.2, 0.25) is 29.5 Å². The van der Waals surface area contributed by atoms with Crippen LogP contribution < -0.4 is 21.3 Å². The Labute approximate surface area is 392 Å². The van der Waals surface area contributed by atoms with E-state index in [1.165, 1.54) is 38.2 Å². The number of phosphoric ester groups is 1. The number of carbonyl (C=O) groups excluding carboxylic acids is 7. The predicted molar refractivity (Wildman–Crippen MR) is 241 cm³/mol. The van der Waals surface area contributed by atoms with E-state index < -0.39 is 116 Å². The molecule has 5 rings (SSSR count). The van der Waals surface area contributed by atoms with E-state index in [4.69, 9.17) is 14.5 Å². The quantitative estimate of drug-likeness (QED) is 0.0802. The number of nitrogens with zero attached hydrogens (tertiary/aromatic N) is 2. The fourth-order valence-corrected chi connectivity index (χ4v) is 8.25. The molecule has 0 spiro atoms. The van der Waals surface area contributed by atoms with Gasteiger partial charge in [-0.3, -0.25) is 33.3 Å². The molecule has 2 aliphatic rings. The van der Waals surface area contributed by atoms with Gasteiger partial charge in [0.1, 0.15) is 54.3 Å². The van der Waals surface area contributed by atoms with Crippen molar-refractivity contribution in [2.24, 2.45) is 5.92 Å². The Morgan fingerprint density at radius 1 is 0.809 bits per heavy atom. The lowest BCUT2D eigenvalue weighted by Gasteiger charge is -2.43. The molecule has 2 saturated heterocycles. The van der Waals surface area contributed by atoms with Crippen molar-refractivity contribution < 1.29 is 72.5 Å². The minimum atomic E-state index is -5.17. The Morgan fingerprint density at radius 3 is 1.97 bits per heavy atom. The Balaban J connectivity index is 1.64. The number of benzene rings is 3. The number of nitrogens with one attached hydrogen (secondary N) is 4. The van der Waals surface area contributed by atoms with Crippen LogP contribution in [0.1, 0.15) is 56.7 Å². The molecular formula is C46H59N6O15P. The highest BCUT2D eigenvalue weighted by Crippen LogP contribution is 2.35. The van der Waals surface area contributed by atoms with Gasteiger partial charge in [0, 0.05) is 26.3 Å². The second kappa shape index (κ2) is 23.7. The number of carbonyl (C=O) groups is 7. The monoisotopic (exact) mass is 966 g/mol. The van der Waals surface area contributed by atoms with Gasteiger partial charge in [-0.15, -0.1) is 0 Å². The third-order valence-corrected chi connectivity index (χ3v) is 12.5. The maximum atomic E-state index is 15.1. The van der Waals surface area contributed by atoms with Crippen LogP contribution in [-0.4, -0.2) is 145 Å². The predicted octanol–water partition coefficient (Wildman–Crippen LogP) is -0.0427. The lowest BCUT2D eigenvalue weighted by Crippen LogP contribution is -2.65. The van der Waals surface area contributed by atoms with Crippen LogP contribution in [0.25, 0.3) is 0 Å². The Morgan fingerprint density at radius 2 is 1.38 bits per heavy atom. The first kappa shape index (κ1) is 52.7. The van der Waals surface area contributed by atoms with Gasteiger partial charge < -0.3 is 60.9 Å². The Kier molecular flexibility index (Phi) is 18.4. The molecule has 22 heteroatoms. The van der Waals surface area contributed by atoms with Crippen molar-refractivity contribution in [3.63, 3.8) is 0 Å². The number of rotatable bonds is 13. The SMILES string of the molecule is CC[C@H](C)[C@@H]1NC(=O)[C@H](Cc2ccc(O)cc2)N(C)C(=O)[C@H](Cc2ccccc2)N2C(=O)[C@H](CC[C@H]2O)NC(=O)[C@H](Cc2ccccc2)NC(=O)[C@@H](NC(=O)[C@H](O)COP(=O)(O)O)[C@@H](C)OC1=O. The molecule has 2 aliphatic heterocycles. The highest BCUT2D eigenvalue weighted by molar-refractivity contribution is 7.46. The summed E-state index contributed by atoms with van der Waals surface area (Å²) in [6.45, 7) is 3.35. The van der Waals surface area contributed by atoms with E-state index in [-0.39, 0.29) is 44.3 Å². The second-order valence-corrected chi connectivity index (χ2v) is 18.2. The lowest BCUT2D eigenvalue weighted by molar-refractivity contribution is -0.165. The number of cyclic esters (lactones) is 1. The molecule has 2 bridgehead atoms. The fourth-order valence-electron chi connectivity index (χ4n) is 7.92. The molecule has 3 aromatic rings. The number of phosphoric acid groups is 1. The number of aliphatic hydroxyl groups excluding tert-OH is 2. The van der Waals surface area contributed by atoms with E-state index in [0.29, 0.717) is 16.7 Å². The van der Waals surface area contributed by atoms with Gasteiger partial charge in [-0.05, 0) is 54.5 Å². The third kappa shape index (κ3) is 14.2. The fraction of sp³-hybridized carbons (Fsp3) is 0.457. The summed E-state index contributed by atoms with van der Waals surface area (Å²) in [7, 11) is -3.83. The normalized spacial score (nSPS) is 25.6. The Bertz CT molecular complexity index is 2300. The first-order valence-corrected chi connectivity index (χ1v) is 23.6. The van der Waals surface area contributed by atoms with Crippen molar-refractivity contribution >= 4 is 49.2 Å². The van der Waals surface area contributed by atoms with Crippen LogP contribution in [0.2, 0.25) is 0 Å². The van der Waals surface area contributed by atoms with Crippen LogP contribution in [0.3, 0.4) is 0 Å². The first-order valence-electron chi connectivity index (χ1n) is 22.1. The minimum absolute atomic E-state index is 0.0717. The zero-order chi connectivity index (χ0) is 49.9. The van der Waals surface area contributed by atoms with Crippen molar-refractivity contribution in [1.29, 1.82) is 0 Å². The number of ether oxygens (including phenoxy) is 1. The number of phenolic OH excluding ortho intramolecular Hbond substituents is 1. The molecule has 0 unspecified atom stereocenters. The van der Waals surface area contributed by atoms with E-state index in [1.807, 2.05) is 0 Å². The summed E-state index contributed by atoms with van der Waals surface area (Å²) in [5.74, 6) is -7.74. The molecule has 10 atom stereocenters. The Hall–Kier alpha value is -6.22. The number of aliphatic hydroxyl groups is 2. The number of phenols is 1. The van der Waals surface area contributed by atoms with Crippen LogP contribution in [0.5, 0.6) is 5.75 Å². The summed E-state index contributed by atoms with van der Waals surface area (Å²) >= 11 is 0.